The van der Waals surface area contributed by atoms with Gasteiger partial charge in [-0.2, -0.15) is 0 Å². The normalized spacial score (nSPS) is 17.6. The lowest BCUT2D eigenvalue weighted by molar-refractivity contribution is 0.0983. The second-order valence-corrected chi connectivity index (χ2v) is 7.36. The molecular formula is C14H21NO3S. The topological polar surface area (TPSA) is 69.4 Å². The Labute approximate surface area is 114 Å². The first kappa shape index (κ1) is 14.5. The van der Waals surface area contributed by atoms with Crippen LogP contribution in [0.4, 0.5) is 0 Å². The average molecular weight is 283 g/mol. The summed E-state index contributed by atoms with van der Waals surface area (Å²) in [5, 5.41) is -0.255. The van der Waals surface area contributed by atoms with Gasteiger partial charge in [-0.1, -0.05) is 18.2 Å². The maximum atomic E-state index is 12.4. The summed E-state index contributed by atoms with van der Waals surface area (Å²) in [6, 6.07) is 5.76. The Kier molecular flexibility index (Phi) is 4.60. The van der Waals surface area contributed by atoms with Gasteiger partial charge in [-0.3, -0.25) is 0 Å². The molecule has 1 aliphatic rings. The molecule has 1 heterocycles. The SMILES string of the molecule is Cc1cc(CN)ccc1CS(=O)(=O)C1CCOCC1. The molecule has 0 aromatic heterocycles. The standard InChI is InChI=1S/C14H21NO3S/c1-11-8-12(9-15)2-3-13(11)10-19(16,17)14-4-6-18-7-5-14/h2-3,8,14H,4-7,9-10,15H2,1H3. The molecule has 1 saturated heterocycles. The molecule has 0 unspecified atom stereocenters. The minimum Gasteiger partial charge on any atom is -0.381 e. The van der Waals surface area contributed by atoms with Crippen molar-refractivity contribution >= 4 is 9.84 Å². The molecule has 106 valence electrons. The fourth-order valence-electron chi connectivity index (χ4n) is 2.42. The number of benzene rings is 1. The summed E-state index contributed by atoms with van der Waals surface area (Å²) in [7, 11) is -3.09. The van der Waals surface area contributed by atoms with Crippen LogP contribution >= 0.6 is 0 Å². The summed E-state index contributed by atoms with van der Waals surface area (Å²) in [5.74, 6) is 0.119. The molecule has 2 rings (SSSR count). The maximum absolute atomic E-state index is 12.4. The molecule has 19 heavy (non-hydrogen) atoms. The molecule has 0 atom stereocenters. The van der Waals surface area contributed by atoms with Crippen molar-refractivity contribution in [1.82, 2.24) is 0 Å². The summed E-state index contributed by atoms with van der Waals surface area (Å²) >= 11 is 0. The fourth-order valence-corrected chi connectivity index (χ4v) is 4.32. The van der Waals surface area contributed by atoms with Crippen molar-refractivity contribution in [3.05, 3.63) is 34.9 Å². The monoisotopic (exact) mass is 283 g/mol. The van der Waals surface area contributed by atoms with Crippen LogP contribution in [0.15, 0.2) is 18.2 Å². The van der Waals surface area contributed by atoms with E-state index in [9.17, 15) is 8.42 Å². The summed E-state index contributed by atoms with van der Waals surface area (Å²) in [4.78, 5) is 0. The van der Waals surface area contributed by atoms with Gasteiger partial charge in [0.15, 0.2) is 9.84 Å². The third kappa shape index (κ3) is 3.55. The molecular weight excluding hydrogens is 262 g/mol. The highest BCUT2D eigenvalue weighted by molar-refractivity contribution is 7.91. The van der Waals surface area contributed by atoms with Crippen LogP contribution in [-0.2, 0) is 26.9 Å². The summed E-state index contributed by atoms with van der Waals surface area (Å²) in [6.45, 7) is 3.52. The highest BCUT2D eigenvalue weighted by atomic mass is 32.2. The van der Waals surface area contributed by atoms with Gasteiger partial charge < -0.3 is 10.5 Å². The zero-order valence-electron chi connectivity index (χ0n) is 11.3. The van der Waals surface area contributed by atoms with E-state index in [1.54, 1.807) is 0 Å². The Bertz CT molecular complexity index is 534. The predicted molar refractivity (Wildman–Crippen MR) is 75.5 cm³/mol. The van der Waals surface area contributed by atoms with Crippen molar-refractivity contribution in [2.24, 2.45) is 5.73 Å². The molecule has 4 nitrogen and oxygen atoms in total. The fraction of sp³-hybridized carbons (Fsp3) is 0.571. The Balaban J connectivity index is 2.15. The molecule has 1 aromatic rings. The van der Waals surface area contributed by atoms with Gasteiger partial charge in [0.25, 0.3) is 0 Å². The number of aryl methyl sites for hydroxylation is 1. The average Bonchev–Trinajstić information content (AvgIpc) is 2.42. The van der Waals surface area contributed by atoms with Crippen LogP contribution in [-0.4, -0.2) is 26.9 Å². The summed E-state index contributed by atoms with van der Waals surface area (Å²) < 4.78 is 30.0. The number of hydrogen-bond acceptors (Lipinski definition) is 4. The summed E-state index contributed by atoms with van der Waals surface area (Å²) in [6.07, 6.45) is 1.23. The van der Waals surface area contributed by atoms with Crippen LogP contribution in [0.2, 0.25) is 0 Å². The van der Waals surface area contributed by atoms with E-state index in [0.29, 0.717) is 32.6 Å². The van der Waals surface area contributed by atoms with Gasteiger partial charge in [-0.05, 0) is 36.5 Å². The van der Waals surface area contributed by atoms with Crippen molar-refractivity contribution in [2.45, 2.75) is 37.3 Å². The first-order valence-corrected chi connectivity index (χ1v) is 8.32. The van der Waals surface area contributed by atoms with Crippen LogP contribution in [0.5, 0.6) is 0 Å². The van der Waals surface area contributed by atoms with Gasteiger partial charge in [-0.15, -0.1) is 0 Å². The van der Waals surface area contributed by atoms with E-state index in [0.717, 1.165) is 16.7 Å². The number of sulfone groups is 1. The third-order valence-corrected chi connectivity index (χ3v) is 5.88. The maximum Gasteiger partial charge on any atom is 0.157 e. The van der Waals surface area contributed by atoms with E-state index >= 15 is 0 Å². The Morgan fingerprint density at radius 2 is 2.00 bits per heavy atom. The molecule has 0 radical (unpaired) electrons. The number of nitrogens with two attached hydrogens (primary N) is 1. The van der Waals surface area contributed by atoms with Crippen molar-refractivity contribution in [3.63, 3.8) is 0 Å². The lowest BCUT2D eigenvalue weighted by atomic mass is 10.1. The first-order valence-electron chi connectivity index (χ1n) is 6.60. The third-order valence-electron chi connectivity index (χ3n) is 3.68. The molecule has 0 spiro atoms. The van der Waals surface area contributed by atoms with E-state index in [1.807, 2.05) is 25.1 Å². The molecule has 1 aliphatic heterocycles. The number of ether oxygens (including phenoxy) is 1. The lowest BCUT2D eigenvalue weighted by Crippen LogP contribution is -2.30. The van der Waals surface area contributed by atoms with E-state index in [-0.39, 0.29) is 11.0 Å². The predicted octanol–water partition coefficient (Wildman–Crippen LogP) is 1.55. The van der Waals surface area contributed by atoms with E-state index in [4.69, 9.17) is 10.5 Å². The van der Waals surface area contributed by atoms with Gasteiger partial charge in [0, 0.05) is 19.8 Å². The largest absolute Gasteiger partial charge is 0.381 e. The van der Waals surface area contributed by atoms with Crippen molar-refractivity contribution < 1.29 is 13.2 Å². The van der Waals surface area contributed by atoms with Gasteiger partial charge in [0.1, 0.15) is 0 Å². The zero-order chi connectivity index (χ0) is 13.9. The zero-order valence-corrected chi connectivity index (χ0v) is 12.1. The highest BCUT2D eigenvalue weighted by Crippen LogP contribution is 2.22. The van der Waals surface area contributed by atoms with E-state index in [2.05, 4.69) is 0 Å². The lowest BCUT2D eigenvalue weighted by Gasteiger charge is -2.22. The van der Waals surface area contributed by atoms with Gasteiger partial charge in [0.05, 0.1) is 11.0 Å². The van der Waals surface area contributed by atoms with Crippen molar-refractivity contribution in [1.29, 1.82) is 0 Å². The van der Waals surface area contributed by atoms with Crippen LogP contribution in [0.3, 0.4) is 0 Å². The molecule has 2 N–H and O–H groups in total. The smallest absolute Gasteiger partial charge is 0.157 e. The van der Waals surface area contributed by atoms with E-state index in [1.165, 1.54) is 0 Å². The second kappa shape index (κ2) is 6.03. The first-order chi connectivity index (χ1) is 9.03. The number of hydrogen-bond donors (Lipinski definition) is 1. The van der Waals surface area contributed by atoms with Gasteiger partial charge in [-0.25, -0.2) is 8.42 Å². The van der Waals surface area contributed by atoms with Crippen molar-refractivity contribution in [3.8, 4) is 0 Å². The highest BCUT2D eigenvalue weighted by Gasteiger charge is 2.28. The van der Waals surface area contributed by atoms with Crippen LogP contribution in [0, 0.1) is 6.92 Å². The van der Waals surface area contributed by atoms with Gasteiger partial charge >= 0.3 is 0 Å². The van der Waals surface area contributed by atoms with Crippen molar-refractivity contribution in [2.75, 3.05) is 13.2 Å². The second-order valence-electron chi connectivity index (χ2n) is 5.08. The minimum atomic E-state index is -3.09. The summed E-state index contributed by atoms with van der Waals surface area (Å²) in [5.41, 5.74) is 8.49. The molecule has 5 heteroatoms. The minimum absolute atomic E-state index is 0.119. The molecule has 0 amide bonds. The van der Waals surface area contributed by atoms with E-state index < -0.39 is 9.84 Å². The molecule has 1 fully saturated rings. The Hall–Kier alpha value is -0.910. The molecule has 0 aliphatic carbocycles. The number of rotatable bonds is 4. The Morgan fingerprint density at radius 1 is 1.32 bits per heavy atom. The Morgan fingerprint density at radius 3 is 2.58 bits per heavy atom. The molecule has 0 bridgehead atoms. The van der Waals surface area contributed by atoms with Crippen LogP contribution in [0.25, 0.3) is 0 Å². The quantitative estimate of drug-likeness (QED) is 0.910. The van der Waals surface area contributed by atoms with Gasteiger partial charge in [0.2, 0.25) is 0 Å². The molecule has 0 saturated carbocycles. The van der Waals surface area contributed by atoms with Crippen LogP contribution in [0.1, 0.15) is 29.5 Å². The molecule has 1 aromatic carbocycles. The van der Waals surface area contributed by atoms with Crippen LogP contribution < -0.4 is 5.73 Å².